The minimum absolute atomic E-state index is 0.0867. The molecule has 0 unspecified atom stereocenters. The van der Waals surface area contributed by atoms with Crippen LogP contribution in [0.15, 0.2) is 77.7 Å². The highest BCUT2D eigenvalue weighted by Gasteiger charge is 2.30. The second-order valence-electron chi connectivity index (χ2n) is 7.52. The second kappa shape index (κ2) is 8.99. The Morgan fingerprint density at radius 2 is 1.58 bits per heavy atom. The summed E-state index contributed by atoms with van der Waals surface area (Å²) < 4.78 is 33.5. The van der Waals surface area contributed by atoms with Crippen LogP contribution in [0.2, 0.25) is 5.02 Å². The highest BCUT2D eigenvalue weighted by molar-refractivity contribution is 7.92. The molecule has 0 saturated carbocycles. The zero-order chi connectivity index (χ0) is 22.6. The van der Waals surface area contributed by atoms with Crippen molar-refractivity contribution in [3.05, 3.63) is 83.4 Å². The number of anilines is 2. The van der Waals surface area contributed by atoms with Crippen molar-refractivity contribution in [1.29, 1.82) is 0 Å². The van der Waals surface area contributed by atoms with E-state index in [-0.39, 0.29) is 10.8 Å². The molecule has 0 radical (unpaired) electrons. The summed E-state index contributed by atoms with van der Waals surface area (Å²) in [5.41, 5.74) is 0.720. The predicted octanol–water partition coefficient (Wildman–Crippen LogP) is 5.25. The SMILES string of the molecule is Cc1cccc(NS(=O)(=O)c2ccc(NC(=O)C(C)(C)Oc3ccc(Cl)cc3)cc2)c1. The summed E-state index contributed by atoms with van der Waals surface area (Å²) in [5.74, 6) is 0.129. The van der Waals surface area contributed by atoms with E-state index in [0.717, 1.165) is 5.56 Å². The van der Waals surface area contributed by atoms with Crippen molar-refractivity contribution in [3.63, 3.8) is 0 Å². The molecule has 3 aromatic carbocycles. The zero-order valence-electron chi connectivity index (χ0n) is 17.3. The van der Waals surface area contributed by atoms with E-state index in [9.17, 15) is 13.2 Å². The molecule has 162 valence electrons. The fourth-order valence-corrected chi connectivity index (χ4v) is 3.94. The molecule has 0 aliphatic heterocycles. The average Bonchev–Trinajstić information content (AvgIpc) is 2.69. The van der Waals surface area contributed by atoms with E-state index in [1.54, 1.807) is 56.3 Å². The molecule has 0 atom stereocenters. The monoisotopic (exact) mass is 458 g/mol. The Morgan fingerprint density at radius 3 is 2.19 bits per heavy atom. The quantitative estimate of drug-likeness (QED) is 0.506. The molecule has 0 aliphatic rings. The first-order valence-corrected chi connectivity index (χ1v) is 11.4. The van der Waals surface area contributed by atoms with Gasteiger partial charge in [-0.3, -0.25) is 9.52 Å². The fourth-order valence-electron chi connectivity index (χ4n) is 2.77. The number of aryl methyl sites for hydroxylation is 1. The smallest absolute Gasteiger partial charge is 0.267 e. The molecule has 2 N–H and O–H groups in total. The maximum atomic E-state index is 12.7. The van der Waals surface area contributed by atoms with Gasteiger partial charge in [0.2, 0.25) is 0 Å². The van der Waals surface area contributed by atoms with Crippen LogP contribution in [0.5, 0.6) is 5.75 Å². The Bertz CT molecular complexity index is 1170. The van der Waals surface area contributed by atoms with Gasteiger partial charge < -0.3 is 10.1 Å². The van der Waals surface area contributed by atoms with Gasteiger partial charge in [-0.1, -0.05) is 23.7 Å². The van der Waals surface area contributed by atoms with E-state index in [0.29, 0.717) is 22.1 Å². The van der Waals surface area contributed by atoms with Crippen LogP contribution in [0, 0.1) is 6.92 Å². The first-order chi connectivity index (χ1) is 14.5. The summed E-state index contributed by atoms with van der Waals surface area (Å²) in [6, 6.07) is 19.7. The largest absolute Gasteiger partial charge is 0.478 e. The fraction of sp³-hybridized carbons (Fsp3) is 0.174. The van der Waals surface area contributed by atoms with Gasteiger partial charge in [0.05, 0.1) is 4.90 Å². The molecule has 0 saturated heterocycles. The molecule has 3 aromatic rings. The van der Waals surface area contributed by atoms with Gasteiger partial charge in [-0.05, 0) is 87.0 Å². The number of amides is 1. The standard InChI is InChI=1S/C23H23ClN2O4S/c1-16-5-4-6-19(15-16)26-31(28,29)21-13-9-18(10-14-21)25-22(27)23(2,3)30-20-11-7-17(24)8-12-20/h4-15,26H,1-3H3,(H,25,27). The lowest BCUT2D eigenvalue weighted by atomic mass is 10.1. The van der Waals surface area contributed by atoms with E-state index < -0.39 is 15.6 Å². The molecule has 0 spiro atoms. The number of rotatable bonds is 7. The van der Waals surface area contributed by atoms with E-state index in [1.807, 2.05) is 13.0 Å². The normalized spacial score (nSPS) is 11.6. The molecular formula is C23H23ClN2O4S. The summed E-state index contributed by atoms with van der Waals surface area (Å²) in [7, 11) is -3.75. The Labute approximate surface area is 187 Å². The molecule has 0 heterocycles. The highest BCUT2D eigenvalue weighted by Crippen LogP contribution is 2.23. The van der Waals surface area contributed by atoms with E-state index in [2.05, 4.69) is 10.0 Å². The average molecular weight is 459 g/mol. The minimum Gasteiger partial charge on any atom is -0.478 e. The lowest BCUT2D eigenvalue weighted by molar-refractivity contribution is -0.128. The first kappa shape index (κ1) is 22.7. The maximum Gasteiger partial charge on any atom is 0.267 e. The van der Waals surface area contributed by atoms with Crippen molar-refractivity contribution >= 4 is 38.9 Å². The van der Waals surface area contributed by atoms with E-state index in [4.69, 9.17) is 16.3 Å². The van der Waals surface area contributed by atoms with Crippen LogP contribution < -0.4 is 14.8 Å². The van der Waals surface area contributed by atoms with Crippen LogP contribution in [0.25, 0.3) is 0 Å². The van der Waals surface area contributed by atoms with Gasteiger partial charge in [0.25, 0.3) is 15.9 Å². The van der Waals surface area contributed by atoms with Gasteiger partial charge in [0.1, 0.15) is 5.75 Å². The third-order valence-electron chi connectivity index (χ3n) is 4.43. The van der Waals surface area contributed by atoms with Crippen LogP contribution in [-0.4, -0.2) is 19.9 Å². The van der Waals surface area contributed by atoms with Gasteiger partial charge in [-0.15, -0.1) is 0 Å². The molecule has 0 fully saturated rings. The van der Waals surface area contributed by atoms with Crippen molar-refractivity contribution < 1.29 is 17.9 Å². The van der Waals surface area contributed by atoms with Crippen LogP contribution >= 0.6 is 11.6 Å². The van der Waals surface area contributed by atoms with Crippen molar-refractivity contribution in [1.82, 2.24) is 0 Å². The summed E-state index contributed by atoms with van der Waals surface area (Å²) in [6.07, 6.45) is 0. The van der Waals surface area contributed by atoms with Crippen molar-refractivity contribution in [2.45, 2.75) is 31.3 Å². The summed E-state index contributed by atoms with van der Waals surface area (Å²) in [6.45, 7) is 5.16. The number of halogens is 1. The van der Waals surface area contributed by atoms with Crippen molar-refractivity contribution in [3.8, 4) is 5.75 Å². The van der Waals surface area contributed by atoms with Crippen LogP contribution in [-0.2, 0) is 14.8 Å². The Balaban J connectivity index is 1.67. The number of sulfonamides is 1. The number of nitrogens with one attached hydrogen (secondary N) is 2. The Kier molecular flexibility index (Phi) is 6.57. The third kappa shape index (κ3) is 5.99. The number of hydrogen-bond donors (Lipinski definition) is 2. The van der Waals surface area contributed by atoms with Gasteiger partial charge in [0.15, 0.2) is 5.60 Å². The van der Waals surface area contributed by atoms with E-state index >= 15 is 0 Å². The molecule has 31 heavy (non-hydrogen) atoms. The van der Waals surface area contributed by atoms with Crippen molar-refractivity contribution in [2.75, 3.05) is 10.0 Å². The minimum atomic E-state index is -3.75. The Morgan fingerprint density at radius 1 is 0.935 bits per heavy atom. The molecule has 1 amide bonds. The van der Waals surface area contributed by atoms with Crippen LogP contribution in [0.3, 0.4) is 0 Å². The number of ether oxygens (including phenoxy) is 1. The van der Waals surface area contributed by atoms with Crippen molar-refractivity contribution in [2.24, 2.45) is 0 Å². The molecule has 8 heteroatoms. The maximum absolute atomic E-state index is 12.7. The molecule has 0 aliphatic carbocycles. The van der Waals surface area contributed by atoms with E-state index in [1.165, 1.54) is 24.3 Å². The molecule has 0 aromatic heterocycles. The third-order valence-corrected chi connectivity index (χ3v) is 6.08. The second-order valence-corrected chi connectivity index (χ2v) is 9.64. The number of hydrogen-bond acceptors (Lipinski definition) is 4. The highest BCUT2D eigenvalue weighted by atomic mass is 35.5. The number of carbonyl (C=O) groups excluding carboxylic acids is 1. The lowest BCUT2D eigenvalue weighted by Crippen LogP contribution is -2.42. The molecule has 3 rings (SSSR count). The zero-order valence-corrected chi connectivity index (χ0v) is 18.9. The predicted molar refractivity (Wildman–Crippen MR) is 123 cm³/mol. The lowest BCUT2D eigenvalue weighted by Gasteiger charge is -2.25. The molecular weight excluding hydrogens is 436 g/mol. The van der Waals surface area contributed by atoms with Crippen LogP contribution in [0.1, 0.15) is 19.4 Å². The van der Waals surface area contributed by atoms with Gasteiger partial charge in [-0.25, -0.2) is 8.42 Å². The Hall–Kier alpha value is -3.03. The van der Waals surface area contributed by atoms with Gasteiger partial charge in [0, 0.05) is 16.4 Å². The number of benzene rings is 3. The topological polar surface area (TPSA) is 84.5 Å². The van der Waals surface area contributed by atoms with Gasteiger partial charge in [-0.2, -0.15) is 0 Å². The van der Waals surface area contributed by atoms with Crippen LogP contribution in [0.4, 0.5) is 11.4 Å². The molecule has 6 nitrogen and oxygen atoms in total. The number of carbonyl (C=O) groups is 1. The molecule has 0 bridgehead atoms. The van der Waals surface area contributed by atoms with Gasteiger partial charge >= 0.3 is 0 Å². The summed E-state index contributed by atoms with van der Waals surface area (Å²) in [5, 5.41) is 3.32. The summed E-state index contributed by atoms with van der Waals surface area (Å²) >= 11 is 5.87. The first-order valence-electron chi connectivity index (χ1n) is 9.51. The summed E-state index contributed by atoms with van der Waals surface area (Å²) in [4.78, 5) is 12.8.